The van der Waals surface area contributed by atoms with Gasteiger partial charge >= 0.3 is 0 Å². The van der Waals surface area contributed by atoms with Crippen molar-refractivity contribution in [1.82, 2.24) is 14.9 Å². The Morgan fingerprint density at radius 3 is 2.48 bits per heavy atom. The molecule has 1 aromatic heterocycles. The highest BCUT2D eigenvalue weighted by Crippen LogP contribution is 2.31. The van der Waals surface area contributed by atoms with Crippen molar-refractivity contribution < 1.29 is 4.79 Å². The summed E-state index contributed by atoms with van der Waals surface area (Å²) in [5, 5.41) is 3.95. The van der Waals surface area contributed by atoms with Crippen molar-refractivity contribution in [2.75, 3.05) is 18.4 Å². The van der Waals surface area contributed by atoms with Gasteiger partial charge in [-0.3, -0.25) is 4.79 Å². The fourth-order valence-electron chi connectivity index (χ4n) is 2.55. The average molecular weight is 351 g/mol. The molecule has 0 bridgehead atoms. The number of hydrogen-bond acceptors (Lipinski definition) is 4. The van der Waals surface area contributed by atoms with Crippen LogP contribution in [-0.4, -0.2) is 33.9 Å². The third-order valence-electron chi connectivity index (χ3n) is 3.67. The van der Waals surface area contributed by atoms with E-state index in [1.165, 1.54) is 0 Å². The first-order valence-electron chi connectivity index (χ1n) is 7.40. The SMILES string of the molecule is Cc1cc(C(=O)N2CCCC2)nc(Nc2c(Cl)cccc2Cl)n1. The molecule has 2 aromatic rings. The molecule has 1 saturated heterocycles. The number of carbonyl (C=O) groups is 1. The van der Waals surface area contributed by atoms with Crippen LogP contribution >= 0.6 is 23.2 Å². The largest absolute Gasteiger partial charge is 0.337 e. The highest BCUT2D eigenvalue weighted by atomic mass is 35.5. The molecule has 1 amide bonds. The maximum Gasteiger partial charge on any atom is 0.272 e. The number of hydrogen-bond donors (Lipinski definition) is 1. The molecule has 0 spiro atoms. The molecule has 2 heterocycles. The number of nitrogens with zero attached hydrogens (tertiary/aromatic N) is 3. The van der Waals surface area contributed by atoms with Crippen LogP contribution in [0.15, 0.2) is 24.3 Å². The Labute approximate surface area is 144 Å². The number of carbonyl (C=O) groups excluding carboxylic acids is 1. The predicted octanol–water partition coefficient (Wildman–Crippen LogP) is 4.07. The van der Waals surface area contributed by atoms with Crippen LogP contribution in [0.2, 0.25) is 10.0 Å². The van der Waals surface area contributed by atoms with E-state index in [-0.39, 0.29) is 5.91 Å². The monoisotopic (exact) mass is 350 g/mol. The second kappa shape index (κ2) is 6.72. The third kappa shape index (κ3) is 3.57. The summed E-state index contributed by atoms with van der Waals surface area (Å²) in [5.41, 5.74) is 1.61. The Balaban J connectivity index is 1.90. The quantitative estimate of drug-likeness (QED) is 0.906. The second-order valence-electron chi connectivity index (χ2n) is 5.44. The summed E-state index contributed by atoms with van der Waals surface area (Å²) in [5.74, 6) is 0.240. The smallest absolute Gasteiger partial charge is 0.272 e. The van der Waals surface area contributed by atoms with Crippen LogP contribution in [0.5, 0.6) is 0 Å². The molecule has 7 heteroatoms. The molecule has 1 aliphatic rings. The molecule has 1 aliphatic heterocycles. The van der Waals surface area contributed by atoms with Crippen LogP contribution in [0, 0.1) is 6.92 Å². The van der Waals surface area contributed by atoms with Crippen molar-refractivity contribution in [3.05, 3.63) is 45.7 Å². The first-order chi connectivity index (χ1) is 11.0. The molecule has 23 heavy (non-hydrogen) atoms. The Kier molecular flexibility index (Phi) is 4.68. The van der Waals surface area contributed by atoms with Gasteiger partial charge in [0, 0.05) is 18.8 Å². The lowest BCUT2D eigenvalue weighted by atomic mass is 10.3. The van der Waals surface area contributed by atoms with Gasteiger partial charge in [0.05, 0.1) is 15.7 Å². The Morgan fingerprint density at radius 1 is 1.17 bits per heavy atom. The summed E-state index contributed by atoms with van der Waals surface area (Å²) in [6.45, 7) is 3.38. The topological polar surface area (TPSA) is 58.1 Å². The van der Waals surface area contributed by atoms with Crippen molar-refractivity contribution in [2.24, 2.45) is 0 Å². The number of benzene rings is 1. The number of likely N-dealkylation sites (tertiary alicyclic amines) is 1. The lowest BCUT2D eigenvalue weighted by Gasteiger charge is -2.16. The van der Waals surface area contributed by atoms with E-state index >= 15 is 0 Å². The molecule has 120 valence electrons. The molecule has 3 rings (SSSR count). The van der Waals surface area contributed by atoms with Gasteiger partial charge in [0.15, 0.2) is 0 Å². The number of rotatable bonds is 3. The van der Waals surface area contributed by atoms with Crippen LogP contribution in [0.25, 0.3) is 0 Å². The van der Waals surface area contributed by atoms with Gasteiger partial charge < -0.3 is 10.2 Å². The first-order valence-corrected chi connectivity index (χ1v) is 8.16. The number of nitrogens with one attached hydrogen (secondary N) is 1. The zero-order valence-corrected chi connectivity index (χ0v) is 14.2. The Hall–Kier alpha value is -1.85. The summed E-state index contributed by atoms with van der Waals surface area (Å²) in [7, 11) is 0. The van der Waals surface area contributed by atoms with Crippen molar-refractivity contribution >= 4 is 40.7 Å². The highest BCUT2D eigenvalue weighted by Gasteiger charge is 2.21. The van der Waals surface area contributed by atoms with E-state index in [1.807, 2.05) is 11.8 Å². The molecule has 0 aliphatic carbocycles. The van der Waals surface area contributed by atoms with E-state index in [9.17, 15) is 4.79 Å². The van der Waals surface area contributed by atoms with E-state index in [2.05, 4.69) is 15.3 Å². The van der Waals surface area contributed by atoms with Crippen molar-refractivity contribution in [3.8, 4) is 0 Å². The molecular formula is C16H16Cl2N4O. The third-order valence-corrected chi connectivity index (χ3v) is 4.30. The van der Waals surface area contributed by atoms with Gasteiger partial charge in [-0.1, -0.05) is 29.3 Å². The second-order valence-corrected chi connectivity index (χ2v) is 6.25. The van der Waals surface area contributed by atoms with E-state index < -0.39 is 0 Å². The number of aryl methyl sites for hydroxylation is 1. The number of amides is 1. The predicted molar refractivity (Wildman–Crippen MR) is 91.7 cm³/mol. The van der Waals surface area contributed by atoms with Gasteiger partial charge in [-0.2, -0.15) is 0 Å². The maximum absolute atomic E-state index is 12.5. The molecule has 0 saturated carbocycles. The first kappa shape index (κ1) is 16.0. The number of anilines is 2. The number of aromatic nitrogens is 2. The lowest BCUT2D eigenvalue weighted by Crippen LogP contribution is -2.28. The van der Waals surface area contributed by atoms with E-state index in [0.717, 1.165) is 25.9 Å². The molecule has 1 aromatic carbocycles. The minimum atomic E-state index is -0.0682. The van der Waals surface area contributed by atoms with Gasteiger partial charge in [0.25, 0.3) is 5.91 Å². The summed E-state index contributed by atoms with van der Waals surface area (Å²) in [6, 6.07) is 6.90. The van der Waals surface area contributed by atoms with Gasteiger partial charge in [-0.05, 0) is 38.0 Å². The highest BCUT2D eigenvalue weighted by molar-refractivity contribution is 6.39. The summed E-state index contributed by atoms with van der Waals surface area (Å²) >= 11 is 12.3. The maximum atomic E-state index is 12.5. The van der Waals surface area contributed by atoms with Crippen molar-refractivity contribution in [2.45, 2.75) is 19.8 Å². The van der Waals surface area contributed by atoms with Gasteiger partial charge in [0.2, 0.25) is 5.95 Å². The van der Waals surface area contributed by atoms with Crippen molar-refractivity contribution in [3.63, 3.8) is 0 Å². The minimum Gasteiger partial charge on any atom is -0.337 e. The summed E-state index contributed by atoms with van der Waals surface area (Å²) in [6.07, 6.45) is 2.08. The van der Waals surface area contributed by atoms with Crippen LogP contribution < -0.4 is 5.32 Å². The van der Waals surface area contributed by atoms with E-state index in [1.54, 1.807) is 24.3 Å². The van der Waals surface area contributed by atoms with Crippen LogP contribution in [0.4, 0.5) is 11.6 Å². The zero-order valence-electron chi connectivity index (χ0n) is 12.6. The molecule has 0 radical (unpaired) electrons. The molecule has 0 atom stereocenters. The fourth-order valence-corrected chi connectivity index (χ4v) is 3.04. The van der Waals surface area contributed by atoms with Crippen LogP contribution in [-0.2, 0) is 0 Å². The average Bonchev–Trinajstić information content (AvgIpc) is 3.04. The Bertz CT molecular complexity index is 725. The molecule has 5 nitrogen and oxygen atoms in total. The Morgan fingerprint density at radius 2 is 1.83 bits per heavy atom. The van der Waals surface area contributed by atoms with Crippen LogP contribution in [0.3, 0.4) is 0 Å². The van der Waals surface area contributed by atoms with E-state index in [4.69, 9.17) is 23.2 Å². The zero-order chi connectivity index (χ0) is 16.4. The molecule has 1 fully saturated rings. The van der Waals surface area contributed by atoms with Crippen molar-refractivity contribution in [1.29, 1.82) is 0 Å². The lowest BCUT2D eigenvalue weighted by molar-refractivity contribution is 0.0787. The van der Waals surface area contributed by atoms with E-state index in [0.29, 0.717) is 33.1 Å². The number of para-hydroxylation sites is 1. The van der Waals surface area contributed by atoms with Gasteiger partial charge in [0.1, 0.15) is 5.69 Å². The fraction of sp³-hybridized carbons (Fsp3) is 0.312. The standard InChI is InChI=1S/C16H16Cl2N4O/c1-10-9-13(15(23)22-7-2-3-8-22)20-16(19-10)21-14-11(17)5-4-6-12(14)18/h4-6,9H,2-3,7-8H2,1H3,(H,19,20,21). The molecular weight excluding hydrogens is 335 g/mol. The van der Waals surface area contributed by atoms with Gasteiger partial charge in [-0.15, -0.1) is 0 Å². The van der Waals surface area contributed by atoms with Gasteiger partial charge in [-0.25, -0.2) is 9.97 Å². The summed E-state index contributed by atoms with van der Waals surface area (Å²) in [4.78, 5) is 22.9. The summed E-state index contributed by atoms with van der Waals surface area (Å²) < 4.78 is 0. The van der Waals surface area contributed by atoms with Crippen LogP contribution in [0.1, 0.15) is 29.0 Å². The normalized spacial score (nSPS) is 14.1. The number of halogens is 2. The molecule has 0 unspecified atom stereocenters. The molecule has 1 N–H and O–H groups in total. The minimum absolute atomic E-state index is 0.0682.